The number of ether oxygens (including phenoxy) is 2. The van der Waals surface area contributed by atoms with Crippen molar-refractivity contribution in [1.82, 2.24) is 4.98 Å². The van der Waals surface area contributed by atoms with Crippen LogP contribution in [0.1, 0.15) is 6.42 Å². The summed E-state index contributed by atoms with van der Waals surface area (Å²) in [5, 5.41) is 5.04. The van der Waals surface area contributed by atoms with Gasteiger partial charge in [-0.15, -0.1) is 11.3 Å². The van der Waals surface area contributed by atoms with Crippen molar-refractivity contribution in [2.75, 3.05) is 23.6 Å². The number of hydrogen-bond acceptors (Lipinski definition) is 6. The summed E-state index contributed by atoms with van der Waals surface area (Å²) in [6, 6.07) is 11.6. The first-order valence-corrected chi connectivity index (χ1v) is 10.2. The van der Waals surface area contributed by atoms with Crippen molar-refractivity contribution < 1.29 is 23.5 Å². The van der Waals surface area contributed by atoms with Crippen molar-refractivity contribution in [1.29, 1.82) is 0 Å². The van der Waals surface area contributed by atoms with Crippen molar-refractivity contribution in [2.45, 2.75) is 6.42 Å². The molecule has 1 saturated heterocycles. The minimum absolute atomic E-state index is 0.0283. The van der Waals surface area contributed by atoms with Gasteiger partial charge < -0.3 is 19.7 Å². The highest BCUT2D eigenvalue weighted by Gasteiger charge is 2.36. The van der Waals surface area contributed by atoms with E-state index in [1.165, 1.54) is 28.4 Å². The number of fused-ring (bicyclic) bond motifs is 1. The van der Waals surface area contributed by atoms with Gasteiger partial charge in [0.1, 0.15) is 5.82 Å². The number of carbonyl (C=O) groups excluding carboxylic acids is 2. The summed E-state index contributed by atoms with van der Waals surface area (Å²) in [6.07, 6.45) is 0.0283. The van der Waals surface area contributed by atoms with Crippen LogP contribution in [0.25, 0.3) is 11.3 Å². The number of para-hydroxylation sites is 1. The molecule has 0 saturated carbocycles. The fraction of sp³-hybridized carbons (Fsp3) is 0.190. The highest BCUT2D eigenvalue weighted by molar-refractivity contribution is 7.14. The fourth-order valence-electron chi connectivity index (χ4n) is 3.51. The summed E-state index contributed by atoms with van der Waals surface area (Å²) >= 11 is 1.29. The van der Waals surface area contributed by atoms with Gasteiger partial charge in [-0.1, -0.05) is 12.1 Å². The Balaban J connectivity index is 1.27. The molecule has 1 N–H and O–H groups in total. The Morgan fingerprint density at radius 3 is 2.90 bits per heavy atom. The van der Waals surface area contributed by atoms with Crippen molar-refractivity contribution in [3.63, 3.8) is 0 Å². The molecule has 2 aliphatic heterocycles. The number of benzene rings is 2. The molecule has 30 heavy (non-hydrogen) atoms. The van der Waals surface area contributed by atoms with Crippen LogP contribution in [0.5, 0.6) is 11.5 Å². The summed E-state index contributed by atoms with van der Waals surface area (Å²) in [4.78, 5) is 30.8. The lowest BCUT2D eigenvalue weighted by molar-refractivity contribution is -0.122. The van der Waals surface area contributed by atoms with E-state index in [4.69, 9.17) is 9.47 Å². The van der Waals surface area contributed by atoms with Gasteiger partial charge in [0.15, 0.2) is 16.6 Å². The summed E-state index contributed by atoms with van der Waals surface area (Å²) in [7, 11) is 0. The Morgan fingerprint density at radius 1 is 1.20 bits per heavy atom. The first kappa shape index (κ1) is 18.6. The van der Waals surface area contributed by atoms with E-state index in [0.717, 1.165) is 5.56 Å². The third kappa shape index (κ3) is 3.37. The molecule has 0 radical (unpaired) electrons. The van der Waals surface area contributed by atoms with Crippen LogP contribution in [0, 0.1) is 11.7 Å². The topological polar surface area (TPSA) is 80.8 Å². The average molecular weight is 425 g/mol. The third-order valence-corrected chi connectivity index (χ3v) is 5.80. The third-order valence-electron chi connectivity index (χ3n) is 5.04. The monoisotopic (exact) mass is 425 g/mol. The smallest absolute Gasteiger partial charge is 0.231 e. The Hall–Kier alpha value is -3.46. The quantitative estimate of drug-likeness (QED) is 0.690. The highest BCUT2D eigenvalue weighted by atomic mass is 32.1. The zero-order valence-corrected chi connectivity index (χ0v) is 16.4. The summed E-state index contributed by atoms with van der Waals surface area (Å²) in [5.41, 5.74) is 1.74. The Bertz CT molecular complexity index is 1150. The first-order chi connectivity index (χ1) is 14.6. The number of amides is 2. The molecule has 2 amide bonds. The van der Waals surface area contributed by atoms with Gasteiger partial charge in [-0.3, -0.25) is 9.59 Å². The lowest BCUT2D eigenvalue weighted by Gasteiger charge is -2.17. The Kier molecular flexibility index (Phi) is 4.59. The van der Waals surface area contributed by atoms with Gasteiger partial charge in [0.05, 0.1) is 17.3 Å². The number of carbonyl (C=O) groups is 2. The van der Waals surface area contributed by atoms with E-state index in [1.807, 2.05) is 23.6 Å². The number of anilines is 2. The number of thiazole rings is 1. The molecule has 5 rings (SSSR count). The minimum atomic E-state index is -0.574. The van der Waals surface area contributed by atoms with E-state index in [1.54, 1.807) is 12.1 Å². The number of nitrogens with one attached hydrogen (secondary N) is 1. The Morgan fingerprint density at radius 2 is 2.03 bits per heavy atom. The van der Waals surface area contributed by atoms with Crippen LogP contribution in [0.3, 0.4) is 0 Å². The second-order valence-corrected chi connectivity index (χ2v) is 7.81. The fourth-order valence-corrected chi connectivity index (χ4v) is 4.24. The van der Waals surface area contributed by atoms with Crippen LogP contribution in [0.2, 0.25) is 0 Å². The largest absolute Gasteiger partial charge is 0.454 e. The van der Waals surface area contributed by atoms with Gasteiger partial charge >= 0.3 is 0 Å². The Labute approximate surface area is 175 Å². The molecule has 3 heterocycles. The molecule has 9 heteroatoms. The number of aromatic nitrogens is 1. The zero-order chi connectivity index (χ0) is 20.7. The molecule has 3 aromatic rings. The van der Waals surface area contributed by atoms with E-state index in [0.29, 0.717) is 22.3 Å². The van der Waals surface area contributed by atoms with E-state index >= 15 is 0 Å². The highest BCUT2D eigenvalue weighted by Crippen LogP contribution is 2.36. The maximum atomic E-state index is 14.0. The van der Waals surface area contributed by atoms with Gasteiger partial charge in [-0.2, -0.15) is 0 Å². The zero-order valence-electron chi connectivity index (χ0n) is 15.6. The maximum Gasteiger partial charge on any atom is 0.231 e. The van der Waals surface area contributed by atoms with Crippen molar-refractivity contribution in [2.24, 2.45) is 5.92 Å². The number of rotatable bonds is 4. The molecule has 1 atom stereocenters. The molecular weight excluding hydrogens is 409 g/mol. The minimum Gasteiger partial charge on any atom is -0.454 e. The van der Waals surface area contributed by atoms with Crippen LogP contribution in [0.15, 0.2) is 47.8 Å². The second kappa shape index (κ2) is 7.42. The van der Waals surface area contributed by atoms with Gasteiger partial charge in [0, 0.05) is 23.9 Å². The van der Waals surface area contributed by atoms with Crippen molar-refractivity contribution >= 4 is 34.0 Å². The van der Waals surface area contributed by atoms with Crippen LogP contribution in [0.4, 0.5) is 15.2 Å². The molecule has 1 aromatic heterocycles. The van der Waals surface area contributed by atoms with E-state index in [2.05, 4.69) is 10.3 Å². The summed E-state index contributed by atoms with van der Waals surface area (Å²) < 4.78 is 24.7. The predicted molar refractivity (Wildman–Crippen MR) is 109 cm³/mol. The second-order valence-electron chi connectivity index (χ2n) is 6.95. The molecule has 7 nitrogen and oxygen atoms in total. The number of halogens is 1. The van der Waals surface area contributed by atoms with Crippen LogP contribution >= 0.6 is 11.3 Å². The van der Waals surface area contributed by atoms with Gasteiger partial charge in [-0.25, -0.2) is 9.37 Å². The molecular formula is C21H16FN3O4S. The SMILES string of the molecule is O=C(Nc1nc(-c2ccc3c(c2)OCO3)cs1)C1CC(=O)N(c2ccccc2F)C1. The first-order valence-electron chi connectivity index (χ1n) is 9.30. The molecule has 2 aliphatic rings. The average Bonchev–Trinajstić information content (AvgIpc) is 3.47. The van der Waals surface area contributed by atoms with Crippen LogP contribution in [-0.4, -0.2) is 30.1 Å². The summed E-state index contributed by atoms with van der Waals surface area (Å²) in [5.74, 6) is -0.305. The molecule has 0 spiro atoms. The molecule has 152 valence electrons. The molecule has 0 bridgehead atoms. The van der Waals surface area contributed by atoms with Crippen molar-refractivity contribution in [3.8, 4) is 22.8 Å². The molecule has 1 unspecified atom stereocenters. The predicted octanol–water partition coefficient (Wildman–Crippen LogP) is 3.67. The van der Waals surface area contributed by atoms with Crippen molar-refractivity contribution in [3.05, 3.63) is 53.7 Å². The lowest BCUT2D eigenvalue weighted by atomic mass is 10.1. The van der Waals surface area contributed by atoms with Crippen LogP contribution in [-0.2, 0) is 9.59 Å². The van der Waals surface area contributed by atoms with Gasteiger partial charge in [0.2, 0.25) is 18.6 Å². The van der Waals surface area contributed by atoms with Gasteiger partial charge in [0.25, 0.3) is 0 Å². The maximum absolute atomic E-state index is 14.0. The molecule has 2 aromatic carbocycles. The van der Waals surface area contributed by atoms with E-state index < -0.39 is 11.7 Å². The molecule has 0 aliphatic carbocycles. The molecule has 1 fully saturated rings. The van der Waals surface area contributed by atoms with E-state index in [9.17, 15) is 14.0 Å². The number of hydrogen-bond donors (Lipinski definition) is 1. The van der Waals surface area contributed by atoms with Crippen LogP contribution < -0.4 is 19.7 Å². The lowest BCUT2D eigenvalue weighted by Crippen LogP contribution is -2.28. The summed E-state index contributed by atoms with van der Waals surface area (Å²) in [6.45, 7) is 0.327. The normalized spacial score (nSPS) is 17.4. The van der Waals surface area contributed by atoms with Gasteiger partial charge in [-0.05, 0) is 30.3 Å². The standard InChI is InChI=1S/C21H16FN3O4S/c22-14-3-1-2-4-16(14)25-9-13(8-19(25)26)20(27)24-21-23-15(10-30-21)12-5-6-17-18(7-12)29-11-28-17/h1-7,10,13H,8-9,11H2,(H,23,24,27). The number of nitrogens with zero attached hydrogens (tertiary/aromatic N) is 2. The van der Waals surface area contributed by atoms with E-state index in [-0.39, 0.29) is 37.3 Å².